The molecule has 1 atom stereocenters. The van der Waals surface area contributed by atoms with Crippen molar-refractivity contribution in [2.75, 3.05) is 0 Å². The monoisotopic (exact) mass is 333 g/mol. The molecule has 0 aliphatic carbocycles. The molecule has 1 heterocycles. The lowest BCUT2D eigenvalue weighted by molar-refractivity contribution is -0.122. The molecule has 2 rings (SSSR count). The van der Waals surface area contributed by atoms with E-state index in [9.17, 15) is 4.79 Å². The number of rotatable bonds is 6. The van der Waals surface area contributed by atoms with Gasteiger partial charge >= 0.3 is 0 Å². The Balaban J connectivity index is 1.95. The summed E-state index contributed by atoms with van der Waals surface area (Å²) in [6.07, 6.45) is 1.25. The number of nitrogens with one attached hydrogen (secondary N) is 1. The minimum absolute atomic E-state index is 0.0288. The SMILES string of the molecule is CCC(NC(=O)CCn1nc(C)c(Cl)c1C)c1ccc(C)cc1. The molecule has 0 aliphatic heterocycles. The van der Waals surface area contributed by atoms with Gasteiger partial charge in [-0.15, -0.1) is 0 Å². The van der Waals surface area contributed by atoms with Gasteiger partial charge in [0.15, 0.2) is 0 Å². The molecule has 4 nitrogen and oxygen atoms in total. The number of nitrogens with zero attached hydrogens (tertiary/aromatic N) is 2. The van der Waals surface area contributed by atoms with Crippen molar-refractivity contribution in [2.45, 2.75) is 53.1 Å². The zero-order chi connectivity index (χ0) is 17.0. The van der Waals surface area contributed by atoms with Crippen molar-refractivity contribution < 1.29 is 4.79 Å². The van der Waals surface area contributed by atoms with Gasteiger partial charge in [0.25, 0.3) is 0 Å². The van der Waals surface area contributed by atoms with E-state index < -0.39 is 0 Å². The van der Waals surface area contributed by atoms with Crippen molar-refractivity contribution in [2.24, 2.45) is 0 Å². The lowest BCUT2D eigenvalue weighted by atomic mass is 10.0. The molecule has 0 radical (unpaired) electrons. The van der Waals surface area contributed by atoms with Crippen LogP contribution in [0.5, 0.6) is 0 Å². The summed E-state index contributed by atoms with van der Waals surface area (Å²) >= 11 is 6.13. The summed E-state index contributed by atoms with van der Waals surface area (Å²) < 4.78 is 1.80. The molecular formula is C18H24ClN3O. The van der Waals surface area contributed by atoms with Crippen LogP contribution in [0.1, 0.15) is 48.3 Å². The highest BCUT2D eigenvalue weighted by atomic mass is 35.5. The summed E-state index contributed by atoms with van der Waals surface area (Å²) in [6.45, 7) is 8.46. The predicted octanol–water partition coefficient (Wildman–Crippen LogP) is 4.12. The molecule has 0 aliphatic rings. The number of hydrogen-bond donors (Lipinski definition) is 1. The number of amides is 1. The van der Waals surface area contributed by atoms with Crippen LogP contribution in [-0.2, 0) is 11.3 Å². The number of hydrogen-bond acceptors (Lipinski definition) is 2. The maximum Gasteiger partial charge on any atom is 0.222 e. The second kappa shape index (κ2) is 7.64. The minimum Gasteiger partial charge on any atom is -0.349 e. The number of carbonyl (C=O) groups is 1. The van der Waals surface area contributed by atoms with Crippen LogP contribution < -0.4 is 5.32 Å². The van der Waals surface area contributed by atoms with Crippen LogP contribution >= 0.6 is 11.6 Å². The Labute approximate surface area is 142 Å². The molecule has 0 bridgehead atoms. The standard InChI is InChI=1S/C18H24ClN3O/c1-5-16(15-8-6-12(2)7-9-15)20-17(23)10-11-22-14(4)18(19)13(3)21-22/h6-9,16H,5,10-11H2,1-4H3,(H,20,23). The molecule has 23 heavy (non-hydrogen) atoms. The van der Waals surface area contributed by atoms with Crippen LogP contribution in [-0.4, -0.2) is 15.7 Å². The molecule has 1 N–H and O–H groups in total. The number of halogens is 1. The maximum absolute atomic E-state index is 12.2. The highest BCUT2D eigenvalue weighted by molar-refractivity contribution is 6.31. The Kier molecular flexibility index (Phi) is 5.83. The van der Waals surface area contributed by atoms with Crippen LogP contribution in [0.15, 0.2) is 24.3 Å². The van der Waals surface area contributed by atoms with E-state index in [0.29, 0.717) is 18.0 Å². The number of carbonyl (C=O) groups excluding carboxylic acids is 1. The van der Waals surface area contributed by atoms with E-state index in [-0.39, 0.29) is 11.9 Å². The average molecular weight is 334 g/mol. The Morgan fingerprint density at radius 2 is 1.91 bits per heavy atom. The summed E-state index contributed by atoms with van der Waals surface area (Å²) in [5.74, 6) is 0.0288. The normalized spacial score (nSPS) is 12.2. The van der Waals surface area contributed by atoms with E-state index in [1.807, 2.05) is 13.8 Å². The van der Waals surface area contributed by atoms with Gasteiger partial charge in [-0.2, -0.15) is 5.10 Å². The number of benzene rings is 1. The van der Waals surface area contributed by atoms with E-state index in [4.69, 9.17) is 11.6 Å². The van der Waals surface area contributed by atoms with E-state index in [2.05, 4.69) is 48.5 Å². The first kappa shape index (κ1) is 17.5. The molecule has 0 fully saturated rings. The van der Waals surface area contributed by atoms with Crippen LogP contribution in [0.3, 0.4) is 0 Å². The summed E-state index contributed by atoms with van der Waals surface area (Å²) in [5.41, 5.74) is 4.06. The number of aryl methyl sites for hydroxylation is 3. The second-order valence-electron chi connectivity index (χ2n) is 5.90. The third-order valence-corrected chi connectivity index (χ3v) is 4.61. The van der Waals surface area contributed by atoms with Gasteiger partial charge in [-0.1, -0.05) is 48.4 Å². The zero-order valence-electron chi connectivity index (χ0n) is 14.2. The Morgan fingerprint density at radius 1 is 1.26 bits per heavy atom. The second-order valence-corrected chi connectivity index (χ2v) is 6.27. The fourth-order valence-corrected chi connectivity index (χ4v) is 2.72. The van der Waals surface area contributed by atoms with E-state index in [1.54, 1.807) is 4.68 Å². The third-order valence-electron chi connectivity index (χ3n) is 4.07. The summed E-state index contributed by atoms with van der Waals surface area (Å²) in [6, 6.07) is 8.34. The van der Waals surface area contributed by atoms with Crippen LogP contribution in [0, 0.1) is 20.8 Å². The summed E-state index contributed by atoms with van der Waals surface area (Å²) in [5, 5.41) is 8.13. The van der Waals surface area contributed by atoms with Crippen molar-refractivity contribution in [3.8, 4) is 0 Å². The van der Waals surface area contributed by atoms with Crippen molar-refractivity contribution in [1.82, 2.24) is 15.1 Å². The lowest BCUT2D eigenvalue weighted by Gasteiger charge is -2.18. The van der Waals surface area contributed by atoms with Gasteiger partial charge in [-0.3, -0.25) is 9.48 Å². The van der Waals surface area contributed by atoms with E-state index >= 15 is 0 Å². The Morgan fingerprint density at radius 3 is 2.43 bits per heavy atom. The Bertz CT molecular complexity index is 676. The summed E-state index contributed by atoms with van der Waals surface area (Å²) in [4.78, 5) is 12.2. The summed E-state index contributed by atoms with van der Waals surface area (Å²) in [7, 11) is 0. The minimum atomic E-state index is 0.0288. The first-order valence-electron chi connectivity index (χ1n) is 7.97. The van der Waals surface area contributed by atoms with Crippen molar-refractivity contribution in [3.63, 3.8) is 0 Å². The van der Waals surface area contributed by atoms with Crippen molar-refractivity contribution >= 4 is 17.5 Å². The fourth-order valence-electron chi connectivity index (χ4n) is 2.59. The fraction of sp³-hybridized carbons (Fsp3) is 0.444. The van der Waals surface area contributed by atoms with Gasteiger partial charge in [0.1, 0.15) is 0 Å². The van der Waals surface area contributed by atoms with Gasteiger partial charge in [0.2, 0.25) is 5.91 Å². The highest BCUT2D eigenvalue weighted by Gasteiger charge is 2.14. The van der Waals surface area contributed by atoms with Crippen LogP contribution in [0.25, 0.3) is 0 Å². The molecule has 1 unspecified atom stereocenters. The van der Waals surface area contributed by atoms with Crippen molar-refractivity contribution in [3.05, 3.63) is 51.8 Å². The van der Waals surface area contributed by atoms with Crippen LogP contribution in [0.4, 0.5) is 0 Å². The first-order chi connectivity index (χ1) is 10.9. The molecule has 5 heteroatoms. The molecule has 0 saturated carbocycles. The molecule has 1 aromatic carbocycles. The molecule has 0 spiro atoms. The largest absolute Gasteiger partial charge is 0.349 e. The smallest absolute Gasteiger partial charge is 0.222 e. The molecular weight excluding hydrogens is 310 g/mol. The van der Waals surface area contributed by atoms with Crippen LogP contribution in [0.2, 0.25) is 5.02 Å². The predicted molar refractivity (Wildman–Crippen MR) is 93.7 cm³/mol. The lowest BCUT2D eigenvalue weighted by Crippen LogP contribution is -2.29. The zero-order valence-corrected chi connectivity index (χ0v) is 14.9. The van der Waals surface area contributed by atoms with E-state index in [0.717, 1.165) is 23.4 Å². The molecule has 124 valence electrons. The molecule has 2 aromatic rings. The van der Waals surface area contributed by atoms with Gasteiger partial charge in [0, 0.05) is 6.42 Å². The van der Waals surface area contributed by atoms with Gasteiger partial charge in [0.05, 0.1) is 29.0 Å². The number of aromatic nitrogens is 2. The molecule has 1 amide bonds. The first-order valence-corrected chi connectivity index (χ1v) is 8.35. The third kappa shape index (κ3) is 4.35. The highest BCUT2D eigenvalue weighted by Crippen LogP contribution is 2.20. The topological polar surface area (TPSA) is 46.9 Å². The van der Waals surface area contributed by atoms with Gasteiger partial charge < -0.3 is 5.32 Å². The quantitative estimate of drug-likeness (QED) is 0.864. The van der Waals surface area contributed by atoms with Gasteiger partial charge in [-0.05, 0) is 32.8 Å². The Hall–Kier alpha value is -1.81. The average Bonchev–Trinajstić information content (AvgIpc) is 2.78. The van der Waals surface area contributed by atoms with Gasteiger partial charge in [-0.25, -0.2) is 0 Å². The van der Waals surface area contributed by atoms with E-state index in [1.165, 1.54) is 5.56 Å². The maximum atomic E-state index is 12.2. The molecule has 1 aromatic heterocycles. The molecule has 0 saturated heterocycles. The van der Waals surface area contributed by atoms with Crippen molar-refractivity contribution in [1.29, 1.82) is 0 Å².